The van der Waals surface area contributed by atoms with Crippen molar-refractivity contribution >= 4 is 11.9 Å². The van der Waals surface area contributed by atoms with E-state index in [2.05, 4.69) is 25.2 Å². The number of rotatable bonds is 17. The van der Waals surface area contributed by atoms with E-state index in [1.165, 1.54) is 25.7 Å². The van der Waals surface area contributed by atoms with Crippen molar-refractivity contribution in [3.63, 3.8) is 0 Å². The maximum Gasteiger partial charge on any atom is 0.306 e. The van der Waals surface area contributed by atoms with E-state index in [0.29, 0.717) is 12.8 Å². The molecule has 0 aromatic heterocycles. The minimum Gasteiger partial charge on any atom is -0.481 e. The first kappa shape index (κ1) is 24.4. The molecule has 4 heteroatoms. The summed E-state index contributed by atoms with van der Waals surface area (Å²) >= 11 is 0. The molecule has 26 heavy (non-hydrogen) atoms. The third-order valence-corrected chi connectivity index (χ3v) is 4.21. The molecule has 0 rings (SSSR count). The first-order valence-corrected chi connectivity index (χ1v) is 10.3. The molecule has 1 unspecified atom stereocenters. The highest BCUT2D eigenvalue weighted by Crippen LogP contribution is 2.12. The predicted octanol–water partition coefficient (Wildman–Crippen LogP) is 6.21. The molecule has 4 nitrogen and oxygen atoms in total. The normalized spacial score (nSPS) is 12.7. The first-order chi connectivity index (χ1) is 12.6. The predicted molar refractivity (Wildman–Crippen MR) is 107 cm³/mol. The average molecular weight is 367 g/mol. The molecular formula is C22H38O4. The third-order valence-electron chi connectivity index (χ3n) is 4.21. The molecule has 0 bridgehead atoms. The van der Waals surface area contributed by atoms with Gasteiger partial charge in [-0.1, -0.05) is 64.2 Å². The summed E-state index contributed by atoms with van der Waals surface area (Å²) in [4.78, 5) is 22.0. The number of unbranched alkanes of at least 4 members (excludes halogenated alkanes) is 7. The van der Waals surface area contributed by atoms with E-state index in [0.717, 1.165) is 38.5 Å². The largest absolute Gasteiger partial charge is 0.481 e. The zero-order chi connectivity index (χ0) is 19.5. The SMILES string of the molecule is CCCCCC/C=C\C/C=C\C(CCCCCCC(=O)O)OC(=O)CC. The molecule has 0 saturated heterocycles. The summed E-state index contributed by atoms with van der Waals surface area (Å²) in [6.45, 7) is 4.02. The summed E-state index contributed by atoms with van der Waals surface area (Å²) in [6.07, 6.45) is 20.4. The molecule has 150 valence electrons. The van der Waals surface area contributed by atoms with Gasteiger partial charge in [0.05, 0.1) is 0 Å². The molecule has 1 atom stereocenters. The van der Waals surface area contributed by atoms with Crippen LogP contribution in [0.1, 0.15) is 97.3 Å². The number of aliphatic carboxylic acids is 1. The van der Waals surface area contributed by atoms with Crippen LogP contribution in [0.2, 0.25) is 0 Å². The van der Waals surface area contributed by atoms with Crippen molar-refractivity contribution in [2.45, 2.75) is 103 Å². The van der Waals surface area contributed by atoms with Gasteiger partial charge in [-0.25, -0.2) is 0 Å². The fourth-order valence-electron chi connectivity index (χ4n) is 2.63. The molecule has 0 heterocycles. The lowest BCUT2D eigenvalue weighted by Gasteiger charge is -2.13. The van der Waals surface area contributed by atoms with Crippen LogP contribution in [-0.4, -0.2) is 23.1 Å². The lowest BCUT2D eigenvalue weighted by atomic mass is 10.1. The molecule has 1 N–H and O–H groups in total. The van der Waals surface area contributed by atoms with Crippen LogP contribution in [0.25, 0.3) is 0 Å². The second-order valence-corrected chi connectivity index (χ2v) is 6.71. The van der Waals surface area contributed by atoms with Crippen LogP contribution in [0.3, 0.4) is 0 Å². The van der Waals surface area contributed by atoms with Crippen molar-refractivity contribution in [2.75, 3.05) is 0 Å². The number of carboxylic acid groups (broad SMARTS) is 1. The van der Waals surface area contributed by atoms with E-state index < -0.39 is 5.97 Å². The zero-order valence-corrected chi connectivity index (χ0v) is 16.8. The van der Waals surface area contributed by atoms with Gasteiger partial charge >= 0.3 is 11.9 Å². The monoisotopic (exact) mass is 366 g/mol. The number of carbonyl (C=O) groups is 2. The highest BCUT2D eigenvalue weighted by atomic mass is 16.5. The van der Waals surface area contributed by atoms with Crippen LogP contribution >= 0.6 is 0 Å². The molecule has 0 aliphatic carbocycles. The summed E-state index contributed by atoms with van der Waals surface area (Å²) in [7, 11) is 0. The molecule has 0 aliphatic heterocycles. The summed E-state index contributed by atoms with van der Waals surface area (Å²) in [5, 5.41) is 8.62. The van der Waals surface area contributed by atoms with Crippen molar-refractivity contribution in [3.05, 3.63) is 24.3 Å². The molecule has 0 saturated carbocycles. The number of hydrogen-bond donors (Lipinski definition) is 1. The Kier molecular flexibility index (Phi) is 17.1. The van der Waals surface area contributed by atoms with Gasteiger partial charge in [0, 0.05) is 12.8 Å². The molecule has 0 fully saturated rings. The second kappa shape index (κ2) is 18.2. The van der Waals surface area contributed by atoms with Gasteiger partial charge in [-0.15, -0.1) is 0 Å². The molecule has 0 spiro atoms. The van der Waals surface area contributed by atoms with E-state index in [9.17, 15) is 9.59 Å². The van der Waals surface area contributed by atoms with Gasteiger partial charge in [0.25, 0.3) is 0 Å². The van der Waals surface area contributed by atoms with Gasteiger partial charge in [-0.3, -0.25) is 9.59 Å². The standard InChI is InChI=1S/C22H38O4/c1-3-5-6-7-8-9-10-11-14-17-20(26-22(25)4-2)18-15-12-13-16-19-21(23)24/h9-10,14,17,20H,3-8,11-13,15-16,18-19H2,1-2H3,(H,23,24)/b10-9-,17-14-. The number of ether oxygens (including phenoxy) is 1. The van der Waals surface area contributed by atoms with E-state index >= 15 is 0 Å². The Balaban J connectivity index is 4.03. The summed E-state index contributed by atoms with van der Waals surface area (Å²) in [5.41, 5.74) is 0. The Morgan fingerprint density at radius 3 is 2.35 bits per heavy atom. The van der Waals surface area contributed by atoms with Crippen molar-refractivity contribution < 1.29 is 19.4 Å². The Morgan fingerprint density at radius 2 is 1.65 bits per heavy atom. The highest BCUT2D eigenvalue weighted by Gasteiger charge is 2.09. The summed E-state index contributed by atoms with van der Waals surface area (Å²) < 4.78 is 5.47. The van der Waals surface area contributed by atoms with Crippen molar-refractivity contribution in [1.82, 2.24) is 0 Å². The van der Waals surface area contributed by atoms with Gasteiger partial charge in [0.2, 0.25) is 0 Å². The first-order valence-electron chi connectivity index (χ1n) is 10.3. The minimum absolute atomic E-state index is 0.167. The Morgan fingerprint density at radius 1 is 0.923 bits per heavy atom. The molecule has 0 aromatic rings. The molecular weight excluding hydrogens is 328 g/mol. The number of hydrogen-bond acceptors (Lipinski definition) is 3. The van der Waals surface area contributed by atoms with Crippen LogP contribution in [0.5, 0.6) is 0 Å². The van der Waals surface area contributed by atoms with E-state index in [4.69, 9.17) is 9.84 Å². The van der Waals surface area contributed by atoms with Gasteiger partial charge < -0.3 is 9.84 Å². The molecule has 0 radical (unpaired) electrons. The van der Waals surface area contributed by atoms with Crippen LogP contribution in [0, 0.1) is 0 Å². The van der Waals surface area contributed by atoms with Crippen LogP contribution < -0.4 is 0 Å². The highest BCUT2D eigenvalue weighted by molar-refractivity contribution is 5.69. The fraction of sp³-hybridized carbons (Fsp3) is 0.727. The van der Waals surface area contributed by atoms with E-state index in [1.54, 1.807) is 6.92 Å². The maximum absolute atomic E-state index is 11.6. The zero-order valence-electron chi connectivity index (χ0n) is 16.8. The van der Waals surface area contributed by atoms with Crippen molar-refractivity contribution in [2.24, 2.45) is 0 Å². The van der Waals surface area contributed by atoms with E-state index in [1.807, 2.05) is 6.08 Å². The summed E-state index contributed by atoms with van der Waals surface area (Å²) in [5.74, 6) is -0.905. The number of allylic oxidation sites excluding steroid dienone is 3. The molecule has 0 aromatic carbocycles. The lowest BCUT2D eigenvalue weighted by molar-refractivity contribution is -0.146. The van der Waals surface area contributed by atoms with Gasteiger partial charge in [-0.2, -0.15) is 0 Å². The van der Waals surface area contributed by atoms with Gasteiger partial charge in [-0.05, 0) is 44.6 Å². The second-order valence-electron chi connectivity index (χ2n) is 6.71. The average Bonchev–Trinajstić information content (AvgIpc) is 2.62. The van der Waals surface area contributed by atoms with Crippen molar-refractivity contribution in [1.29, 1.82) is 0 Å². The Bertz CT molecular complexity index is 412. The van der Waals surface area contributed by atoms with E-state index in [-0.39, 0.29) is 18.5 Å². The maximum atomic E-state index is 11.6. The van der Waals surface area contributed by atoms with Crippen LogP contribution in [-0.2, 0) is 14.3 Å². The number of esters is 1. The van der Waals surface area contributed by atoms with Crippen LogP contribution in [0.15, 0.2) is 24.3 Å². The van der Waals surface area contributed by atoms with Gasteiger partial charge in [0.1, 0.15) is 6.10 Å². The van der Waals surface area contributed by atoms with Crippen molar-refractivity contribution in [3.8, 4) is 0 Å². The molecule has 0 aliphatic rings. The van der Waals surface area contributed by atoms with Gasteiger partial charge in [0.15, 0.2) is 0 Å². The lowest BCUT2D eigenvalue weighted by Crippen LogP contribution is -2.15. The topological polar surface area (TPSA) is 63.6 Å². The Labute approximate surface area is 159 Å². The number of carboxylic acids is 1. The molecule has 0 amide bonds. The Hall–Kier alpha value is -1.58. The smallest absolute Gasteiger partial charge is 0.306 e. The fourth-order valence-corrected chi connectivity index (χ4v) is 2.63. The quantitative estimate of drug-likeness (QED) is 0.189. The van der Waals surface area contributed by atoms with Crippen LogP contribution in [0.4, 0.5) is 0 Å². The minimum atomic E-state index is -0.735. The third kappa shape index (κ3) is 17.2. The number of carbonyl (C=O) groups excluding carboxylic acids is 1. The summed E-state index contributed by atoms with van der Waals surface area (Å²) in [6, 6.07) is 0.